The minimum atomic E-state index is -1.30. The molecule has 6 heteroatoms. The number of hydrogen-bond acceptors (Lipinski definition) is 4. The van der Waals surface area contributed by atoms with Gasteiger partial charge in [-0.3, -0.25) is 14.4 Å². The summed E-state index contributed by atoms with van der Waals surface area (Å²) in [5.74, 6) is -0.715. The molecule has 162 valence electrons. The van der Waals surface area contributed by atoms with E-state index in [1.807, 2.05) is 6.92 Å². The third-order valence-corrected chi connectivity index (χ3v) is 10.4. The maximum atomic E-state index is 12.9. The van der Waals surface area contributed by atoms with Gasteiger partial charge in [0.1, 0.15) is 5.60 Å². The molecule has 5 aliphatic carbocycles. The highest BCUT2D eigenvalue weighted by atomic mass is 35.5. The number of allylic oxidation sites excluding steroid dienone is 4. The van der Waals surface area contributed by atoms with Crippen LogP contribution in [0, 0.1) is 39.9 Å². The summed E-state index contributed by atoms with van der Waals surface area (Å²) in [6.07, 6.45) is 6.98. The Hall–Kier alpha value is -1.46. The molecule has 2 unspecified atom stereocenters. The molecule has 0 heterocycles. The van der Waals surface area contributed by atoms with Gasteiger partial charge in [0.05, 0.1) is 6.42 Å². The van der Waals surface area contributed by atoms with Crippen LogP contribution in [0.2, 0.25) is 0 Å². The number of Topliss-reactive ketones (excluding diaryl/α,β-unsaturated/α-hetero) is 1. The number of rotatable bonds is 3. The van der Waals surface area contributed by atoms with Gasteiger partial charge in [0.25, 0.3) is 0 Å². The molecule has 8 atom stereocenters. The number of carboxylic acids is 1. The second-order valence-electron chi connectivity index (χ2n) is 10.9. The molecule has 0 aromatic carbocycles. The second kappa shape index (κ2) is 5.86. The summed E-state index contributed by atoms with van der Waals surface area (Å²) in [5, 5.41) is 21.3. The molecule has 0 aliphatic heterocycles. The molecule has 0 bridgehead atoms. The van der Waals surface area contributed by atoms with Crippen LogP contribution < -0.4 is 0 Å². The highest BCUT2D eigenvalue weighted by Gasteiger charge is 2.74. The molecule has 0 aromatic heterocycles. The Balaban J connectivity index is 1.59. The fourth-order valence-electron chi connectivity index (χ4n) is 8.30. The summed E-state index contributed by atoms with van der Waals surface area (Å²) < 4.78 is 0. The van der Waals surface area contributed by atoms with Gasteiger partial charge in [-0.25, -0.2) is 0 Å². The lowest BCUT2D eigenvalue weighted by atomic mass is 9.47. The highest BCUT2D eigenvalue weighted by Crippen LogP contribution is 2.76. The van der Waals surface area contributed by atoms with Gasteiger partial charge in [-0.1, -0.05) is 31.5 Å². The lowest BCUT2D eigenvalue weighted by Gasteiger charge is -2.58. The number of carboxylic acid groups (broad SMARTS) is 1. The summed E-state index contributed by atoms with van der Waals surface area (Å²) in [6, 6.07) is 0. The zero-order valence-corrected chi connectivity index (χ0v) is 18.5. The van der Waals surface area contributed by atoms with Crippen molar-refractivity contribution in [2.24, 2.45) is 39.9 Å². The minimum Gasteiger partial charge on any atom is -0.481 e. The van der Waals surface area contributed by atoms with Crippen LogP contribution in [0.1, 0.15) is 59.3 Å². The molecule has 0 radical (unpaired) electrons. The quantitative estimate of drug-likeness (QED) is 0.706. The van der Waals surface area contributed by atoms with E-state index >= 15 is 0 Å². The Bertz CT molecular complexity index is 951. The normalized spacial score (nSPS) is 51.0. The molecule has 5 rings (SSSR count). The van der Waals surface area contributed by atoms with E-state index in [0.29, 0.717) is 17.9 Å². The number of fused-ring (bicyclic) bond motifs is 7. The largest absolute Gasteiger partial charge is 0.481 e. The average molecular weight is 433 g/mol. The number of carbonyl (C=O) groups is 3. The molecule has 0 saturated heterocycles. The Labute approximate surface area is 181 Å². The number of aliphatic carboxylic acids is 1. The van der Waals surface area contributed by atoms with Gasteiger partial charge >= 0.3 is 5.97 Å². The van der Waals surface area contributed by atoms with Crippen molar-refractivity contribution in [3.63, 3.8) is 0 Å². The zero-order chi connectivity index (χ0) is 21.9. The van der Waals surface area contributed by atoms with Crippen LogP contribution in [0.3, 0.4) is 0 Å². The Morgan fingerprint density at radius 3 is 2.50 bits per heavy atom. The number of carbonyl (C=O) groups excluding carboxylic acids is 2. The van der Waals surface area contributed by atoms with E-state index in [-0.39, 0.29) is 47.1 Å². The van der Waals surface area contributed by atoms with Crippen molar-refractivity contribution in [1.29, 1.82) is 0 Å². The van der Waals surface area contributed by atoms with Gasteiger partial charge in [0.2, 0.25) is 0 Å². The topological polar surface area (TPSA) is 91.7 Å². The van der Waals surface area contributed by atoms with E-state index in [1.165, 1.54) is 6.92 Å². The SMILES string of the molecule is CC(=O)[C@@]1(O)CC[C@H]2[C@@H]3C=C(Cl)C4=CC(=O)C5(CC(=O)O)CC5[C@]4(C)[C@H]3CC[C@@]21C. The minimum absolute atomic E-state index is 0.0130. The third kappa shape index (κ3) is 2.16. The Morgan fingerprint density at radius 1 is 1.20 bits per heavy atom. The first-order chi connectivity index (χ1) is 13.9. The summed E-state index contributed by atoms with van der Waals surface area (Å²) >= 11 is 6.76. The molecule has 3 fully saturated rings. The van der Waals surface area contributed by atoms with Crippen molar-refractivity contribution >= 4 is 29.1 Å². The number of hydrogen-bond donors (Lipinski definition) is 2. The monoisotopic (exact) mass is 432 g/mol. The van der Waals surface area contributed by atoms with E-state index in [9.17, 15) is 24.6 Å². The molecule has 0 aromatic rings. The molecule has 0 spiro atoms. The van der Waals surface area contributed by atoms with Crippen molar-refractivity contribution in [2.45, 2.75) is 64.9 Å². The molecule has 5 nitrogen and oxygen atoms in total. The smallest absolute Gasteiger partial charge is 0.304 e. The summed E-state index contributed by atoms with van der Waals surface area (Å²) in [6.45, 7) is 5.71. The number of ketones is 2. The van der Waals surface area contributed by atoms with Gasteiger partial charge in [0.15, 0.2) is 11.6 Å². The van der Waals surface area contributed by atoms with Crippen molar-refractivity contribution in [3.8, 4) is 0 Å². The predicted molar refractivity (Wildman–Crippen MR) is 111 cm³/mol. The maximum absolute atomic E-state index is 12.9. The lowest BCUT2D eigenvalue weighted by molar-refractivity contribution is -0.157. The maximum Gasteiger partial charge on any atom is 0.304 e. The first kappa shape index (κ1) is 20.4. The van der Waals surface area contributed by atoms with Crippen molar-refractivity contribution in [3.05, 3.63) is 22.8 Å². The van der Waals surface area contributed by atoms with Crippen LogP contribution >= 0.6 is 11.6 Å². The highest BCUT2D eigenvalue weighted by molar-refractivity contribution is 6.32. The Morgan fingerprint density at radius 2 is 1.87 bits per heavy atom. The van der Waals surface area contributed by atoms with Gasteiger partial charge in [-0.05, 0) is 74.3 Å². The van der Waals surface area contributed by atoms with Gasteiger partial charge < -0.3 is 10.2 Å². The fourth-order valence-corrected chi connectivity index (χ4v) is 8.70. The second-order valence-corrected chi connectivity index (χ2v) is 11.3. The molecule has 30 heavy (non-hydrogen) atoms. The Kier molecular flexibility index (Phi) is 3.99. The van der Waals surface area contributed by atoms with E-state index in [0.717, 1.165) is 24.8 Å². The fraction of sp³-hybridized carbons (Fsp3) is 0.708. The van der Waals surface area contributed by atoms with Crippen LogP contribution in [0.4, 0.5) is 0 Å². The van der Waals surface area contributed by atoms with E-state index in [2.05, 4.69) is 13.0 Å². The summed E-state index contributed by atoms with van der Waals surface area (Å²) in [4.78, 5) is 36.8. The van der Waals surface area contributed by atoms with Crippen LogP contribution in [0.15, 0.2) is 22.8 Å². The third-order valence-electron chi connectivity index (χ3n) is 10.0. The van der Waals surface area contributed by atoms with E-state index in [4.69, 9.17) is 11.6 Å². The number of halogens is 1. The van der Waals surface area contributed by atoms with Crippen LogP contribution in [-0.4, -0.2) is 33.3 Å². The predicted octanol–water partition coefficient (Wildman–Crippen LogP) is 3.88. The van der Waals surface area contributed by atoms with Crippen LogP contribution in [0.5, 0.6) is 0 Å². The molecule has 2 N–H and O–H groups in total. The lowest BCUT2D eigenvalue weighted by Crippen LogP contribution is -2.57. The average Bonchev–Trinajstić information content (AvgIpc) is 3.32. The van der Waals surface area contributed by atoms with Gasteiger partial charge in [-0.2, -0.15) is 0 Å². The first-order valence-corrected chi connectivity index (χ1v) is 11.4. The number of aliphatic hydroxyl groups is 1. The first-order valence-electron chi connectivity index (χ1n) is 11.0. The van der Waals surface area contributed by atoms with E-state index in [1.54, 1.807) is 6.08 Å². The van der Waals surface area contributed by atoms with Crippen LogP contribution in [0.25, 0.3) is 0 Å². The zero-order valence-electron chi connectivity index (χ0n) is 17.7. The van der Waals surface area contributed by atoms with Crippen molar-refractivity contribution in [1.82, 2.24) is 0 Å². The summed E-state index contributed by atoms with van der Waals surface area (Å²) in [7, 11) is 0. The molecule has 0 amide bonds. The molecular formula is C24H29ClO5. The van der Waals surface area contributed by atoms with E-state index < -0.39 is 22.4 Å². The van der Waals surface area contributed by atoms with Gasteiger partial charge in [0, 0.05) is 21.3 Å². The van der Waals surface area contributed by atoms with Crippen LogP contribution in [-0.2, 0) is 14.4 Å². The van der Waals surface area contributed by atoms with Gasteiger partial charge in [-0.15, -0.1) is 0 Å². The van der Waals surface area contributed by atoms with Crippen molar-refractivity contribution in [2.75, 3.05) is 0 Å². The summed E-state index contributed by atoms with van der Waals surface area (Å²) in [5.41, 5.74) is -2.06. The molecule has 3 saturated carbocycles. The van der Waals surface area contributed by atoms with Crippen molar-refractivity contribution < 1.29 is 24.6 Å². The standard InChI is InChI=1S/C24H29ClO5/c1-12(26)24(30)7-5-14-13-8-17(25)16-9-19(27)23(11-20(28)29)10-18(23)22(16,3)15(13)4-6-21(14,24)2/h8-9,13-15,18,30H,4-7,10-11H2,1-3H3,(H,28,29)/t13-,14-,15-,18?,21-,22+,23?,24-/m0/s1. The molecule has 5 aliphatic rings. The molecular weight excluding hydrogens is 404 g/mol.